The molecule has 0 aromatic heterocycles. The van der Waals surface area contributed by atoms with E-state index in [0.717, 1.165) is 0 Å². The van der Waals surface area contributed by atoms with Gasteiger partial charge in [-0.05, 0) is 25.1 Å². The molecule has 3 nitrogen and oxygen atoms in total. The van der Waals surface area contributed by atoms with Gasteiger partial charge in [-0.3, -0.25) is 4.79 Å². The first-order chi connectivity index (χ1) is 8.15. The smallest absolute Gasteiger partial charge is 0.251 e. The highest BCUT2D eigenvalue weighted by Gasteiger charge is 2.02. The van der Waals surface area contributed by atoms with Gasteiger partial charge in [-0.1, -0.05) is 40.2 Å². The number of hydrogen-bond donors (Lipinski definition) is 2. The Morgan fingerprint density at radius 1 is 1.24 bits per heavy atom. The SMILES string of the molecule is CC.CCC.CCNC(=O)c1cccc(O)c1. The standard InChI is InChI=1S/C9H11NO2.C3H8.C2H6/c1-2-10-9(12)7-4-3-5-8(11)6-7;1-3-2;1-2/h3-6,11H,2H2,1H3,(H,10,12);3H2,1-2H3;1-2H3. The molecule has 0 radical (unpaired) electrons. The largest absolute Gasteiger partial charge is 0.508 e. The number of amides is 1. The summed E-state index contributed by atoms with van der Waals surface area (Å²) in [5.74, 6) is -0.0489. The normalized spacial score (nSPS) is 8.06. The van der Waals surface area contributed by atoms with E-state index in [9.17, 15) is 4.79 Å². The van der Waals surface area contributed by atoms with Gasteiger partial charge < -0.3 is 10.4 Å². The van der Waals surface area contributed by atoms with Crippen molar-refractivity contribution in [2.75, 3.05) is 6.54 Å². The summed E-state index contributed by atoms with van der Waals surface area (Å²) in [7, 11) is 0. The van der Waals surface area contributed by atoms with E-state index in [1.807, 2.05) is 20.8 Å². The van der Waals surface area contributed by atoms with E-state index in [-0.39, 0.29) is 11.7 Å². The van der Waals surface area contributed by atoms with Crippen molar-refractivity contribution in [2.45, 2.75) is 41.0 Å². The molecule has 0 spiro atoms. The summed E-state index contributed by atoms with van der Waals surface area (Å²) in [6.07, 6.45) is 1.25. The van der Waals surface area contributed by atoms with Crippen molar-refractivity contribution in [1.82, 2.24) is 5.32 Å². The number of hydrogen-bond acceptors (Lipinski definition) is 2. The van der Waals surface area contributed by atoms with Crippen LogP contribution in [0.3, 0.4) is 0 Å². The van der Waals surface area contributed by atoms with Gasteiger partial charge in [0.25, 0.3) is 5.91 Å². The Labute approximate surface area is 105 Å². The summed E-state index contributed by atoms with van der Waals surface area (Å²) in [4.78, 5) is 11.2. The molecule has 98 valence electrons. The van der Waals surface area contributed by atoms with Gasteiger partial charge in [0.15, 0.2) is 0 Å². The molecule has 1 rings (SSSR count). The highest BCUT2D eigenvalue weighted by molar-refractivity contribution is 5.94. The lowest BCUT2D eigenvalue weighted by molar-refractivity contribution is 0.0955. The Balaban J connectivity index is 0. The molecular formula is C14H25NO2. The van der Waals surface area contributed by atoms with Crippen LogP contribution in [0, 0.1) is 0 Å². The third kappa shape index (κ3) is 9.42. The minimum absolute atomic E-state index is 0.110. The van der Waals surface area contributed by atoms with Crippen LogP contribution in [-0.2, 0) is 0 Å². The Morgan fingerprint density at radius 2 is 1.76 bits per heavy atom. The average Bonchev–Trinajstić information content (AvgIpc) is 2.33. The molecule has 0 fully saturated rings. The summed E-state index contributed by atoms with van der Waals surface area (Å²) >= 11 is 0. The Kier molecular flexibility index (Phi) is 13.2. The van der Waals surface area contributed by atoms with Crippen molar-refractivity contribution >= 4 is 5.91 Å². The Hall–Kier alpha value is -1.51. The molecule has 1 aromatic carbocycles. The number of carbonyl (C=O) groups is 1. The first-order valence-electron chi connectivity index (χ1n) is 6.22. The maximum atomic E-state index is 11.2. The Bertz CT molecular complexity index is 298. The maximum Gasteiger partial charge on any atom is 0.251 e. The van der Waals surface area contributed by atoms with Crippen LogP contribution in [-0.4, -0.2) is 17.6 Å². The molecule has 0 saturated heterocycles. The molecule has 0 unspecified atom stereocenters. The Morgan fingerprint density at radius 3 is 2.18 bits per heavy atom. The molecule has 2 N–H and O–H groups in total. The van der Waals surface area contributed by atoms with Crippen molar-refractivity contribution in [3.8, 4) is 5.75 Å². The lowest BCUT2D eigenvalue weighted by Crippen LogP contribution is -2.22. The van der Waals surface area contributed by atoms with Crippen LogP contribution >= 0.6 is 0 Å². The highest BCUT2D eigenvalue weighted by Crippen LogP contribution is 2.10. The van der Waals surface area contributed by atoms with Crippen molar-refractivity contribution in [3.63, 3.8) is 0 Å². The molecule has 0 heterocycles. The van der Waals surface area contributed by atoms with E-state index in [1.54, 1.807) is 12.1 Å². The first kappa shape index (κ1) is 17.9. The van der Waals surface area contributed by atoms with Crippen molar-refractivity contribution in [3.05, 3.63) is 29.8 Å². The van der Waals surface area contributed by atoms with Crippen molar-refractivity contribution < 1.29 is 9.90 Å². The van der Waals surface area contributed by atoms with Gasteiger partial charge in [-0.2, -0.15) is 0 Å². The average molecular weight is 239 g/mol. The second-order valence-electron chi connectivity index (χ2n) is 3.12. The zero-order chi connectivity index (χ0) is 13.7. The van der Waals surface area contributed by atoms with Gasteiger partial charge >= 0.3 is 0 Å². The van der Waals surface area contributed by atoms with Crippen LogP contribution in [0.1, 0.15) is 51.4 Å². The summed E-state index contributed by atoms with van der Waals surface area (Å²) in [5.41, 5.74) is 0.483. The summed E-state index contributed by atoms with van der Waals surface area (Å²) < 4.78 is 0. The fourth-order valence-electron chi connectivity index (χ4n) is 0.910. The van der Waals surface area contributed by atoms with Crippen LogP contribution in [0.2, 0.25) is 0 Å². The van der Waals surface area contributed by atoms with Gasteiger partial charge in [0, 0.05) is 12.1 Å². The minimum Gasteiger partial charge on any atom is -0.508 e. The zero-order valence-corrected chi connectivity index (χ0v) is 11.6. The second-order valence-corrected chi connectivity index (χ2v) is 3.12. The summed E-state index contributed by atoms with van der Waals surface area (Å²) in [6, 6.07) is 6.26. The predicted molar refractivity (Wildman–Crippen MR) is 73.4 cm³/mol. The fourth-order valence-corrected chi connectivity index (χ4v) is 0.910. The van der Waals surface area contributed by atoms with Crippen LogP contribution in [0.15, 0.2) is 24.3 Å². The summed E-state index contributed by atoms with van der Waals surface area (Å²) in [6.45, 7) is 10.7. The molecule has 0 aliphatic heterocycles. The van der Waals surface area contributed by atoms with Crippen LogP contribution in [0.5, 0.6) is 5.75 Å². The van der Waals surface area contributed by atoms with E-state index in [2.05, 4.69) is 19.2 Å². The third-order valence-electron chi connectivity index (χ3n) is 1.45. The molecule has 1 aromatic rings. The van der Waals surface area contributed by atoms with E-state index in [1.165, 1.54) is 18.6 Å². The lowest BCUT2D eigenvalue weighted by atomic mass is 10.2. The van der Waals surface area contributed by atoms with Crippen LogP contribution < -0.4 is 5.32 Å². The van der Waals surface area contributed by atoms with E-state index in [4.69, 9.17) is 5.11 Å². The van der Waals surface area contributed by atoms with Gasteiger partial charge in [-0.15, -0.1) is 0 Å². The molecule has 0 atom stereocenters. The number of nitrogens with one attached hydrogen (secondary N) is 1. The monoisotopic (exact) mass is 239 g/mol. The number of aromatic hydroxyl groups is 1. The van der Waals surface area contributed by atoms with Crippen molar-refractivity contribution in [2.24, 2.45) is 0 Å². The number of rotatable bonds is 2. The maximum absolute atomic E-state index is 11.2. The highest BCUT2D eigenvalue weighted by atomic mass is 16.3. The van der Waals surface area contributed by atoms with E-state index < -0.39 is 0 Å². The first-order valence-corrected chi connectivity index (χ1v) is 6.22. The second kappa shape index (κ2) is 12.6. The molecule has 0 saturated carbocycles. The van der Waals surface area contributed by atoms with Crippen LogP contribution in [0.4, 0.5) is 0 Å². The van der Waals surface area contributed by atoms with Crippen LogP contribution in [0.25, 0.3) is 0 Å². The molecule has 17 heavy (non-hydrogen) atoms. The van der Waals surface area contributed by atoms with Gasteiger partial charge in [0.1, 0.15) is 5.75 Å². The molecule has 0 aliphatic rings. The van der Waals surface area contributed by atoms with E-state index >= 15 is 0 Å². The zero-order valence-electron chi connectivity index (χ0n) is 11.6. The molecule has 3 heteroatoms. The number of phenols is 1. The molecule has 1 amide bonds. The predicted octanol–water partition coefficient (Wildman–Crippen LogP) is 3.58. The van der Waals surface area contributed by atoms with Crippen molar-refractivity contribution in [1.29, 1.82) is 0 Å². The van der Waals surface area contributed by atoms with Gasteiger partial charge in [0.2, 0.25) is 0 Å². The number of benzene rings is 1. The lowest BCUT2D eigenvalue weighted by Gasteiger charge is -2.01. The topological polar surface area (TPSA) is 49.3 Å². The quantitative estimate of drug-likeness (QED) is 0.828. The minimum atomic E-state index is -0.159. The summed E-state index contributed by atoms with van der Waals surface area (Å²) in [5, 5.41) is 11.7. The fraction of sp³-hybridized carbons (Fsp3) is 0.500. The third-order valence-corrected chi connectivity index (χ3v) is 1.45. The molecule has 0 bridgehead atoms. The van der Waals surface area contributed by atoms with Gasteiger partial charge in [0.05, 0.1) is 0 Å². The van der Waals surface area contributed by atoms with Gasteiger partial charge in [-0.25, -0.2) is 0 Å². The molecular weight excluding hydrogens is 214 g/mol. The molecule has 0 aliphatic carbocycles. The number of phenolic OH excluding ortho intramolecular Hbond substituents is 1. The van der Waals surface area contributed by atoms with E-state index in [0.29, 0.717) is 12.1 Å². The number of carbonyl (C=O) groups excluding carboxylic acids is 1.